The lowest BCUT2D eigenvalue weighted by atomic mass is 9.96. The fraction of sp³-hybridized carbons (Fsp3) is 0.0238. The normalized spacial score (nSPS) is 12.8. The third-order valence-electron chi connectivity index (χ3n) is 9.18. The molecule has 0 amide bonds. The molecule has 5 nitrogen and oxygen atoms in total. The van der Waals surface area contributed by atoms with Gasteiger partial charge >= 0.3 is 0 Å². The number of hydrogen-bond donors (Lipinski definition) is 1. The second kappa shape index (κ2) is 10.7. The molecule has 0 saturated heterocycles. The van der Waals surface area contributed by atoms with Crippen molar-refractivity contribution in [3.63, 3.8) is 0 Å². The first-order chi connectivity index (χ1) is 23.8. The third-order valence-corrected chi connectivity index (χ3v) is 10.4. The fourth-order valence-electron chi connectivity index (χ4n) is 6.92. The van der Waals surface area contributed by atoms with E-state index < -0.39 is 0 Å². The predicted molar refractivity (Wildman–Crippen MR) is 197 cm³/mol. The van der Waals surface area contributed by atoms with Crippen LogP contribution in [0, 0.1) is 0 Å². The van der Waals surface area contributed by atoms with Crippen molar-refractivity contribution in [3.8, 4) is 33.9 Å². The number of hydrogen-bond acceptors (Lipinski definition) is 6. The van der Waals surface area contributed by atoms with Crippen LogP contribution >= 0.6 is 11.3 Å². The first kappa shape index (κ1) is 27.0. The Morgan fingerprint density at radius 2 is 1.29 bits per heavy atom. The molecule has 6 aromatic carbocycles. The van der Waals surface area contributed by atoms with E-state index in [9.17, 15) is 0 Å². The highest BCUT2D eigenvalue weighted by Crippen LogP contribution is 2.42. The summed E-state index contributed by atoms with van der Waals surface area (Å²) in [5.41, 5.74) is 6.87. The Kier molecular flexibility index (Phi) is 6.04. The number of benzene rings is 6. The van der Waals surface area contributed by atoms with Gasteiger partial charge in [0.05, 0.1) is 6.54 Å². The Bertz CT molecular complexity index is 2740. The van der Waals surface area contributed by atoms with Crippen LogP contribution in [0.5, 0.6) is 0 Å². The first-order valence-corrected chi connectivity index (χ1v) is 16.8. The zero-order chi connectivity index (χ0) is 31.6. The minimum atomic E-state index is 0.579. The van der Waals surface area contributed by atoms with E-state index >= 15 is 0 Å². The van der Waals surface area contributed by atoms with Gasteiger partial charge in [0.15, 0.2) is 17.5 Å². The van der Waals surface area contributed by atoms with E-state index in [0.29, 0.717) is 24.0 Å². The molecule has 6 heteroatoms. The molecule has 0 unspecified atom stereocenters. The molecule has 0 radical (unpaired) electrons. The number of rotatable bonds is 4. The van der Waals surface area contributed by atoms with Gasteiger partial charge in [-0.25, -0.2) is 15.0 Å². The smallest absolute Gasteiger partial charge is 0.166 e. The molecule has 4 heterocycles. The summed E-state index contributed by atoms with van der Waals surface area (Å²) in [6, 6.07) is 46.5. The van der Waals surface area contributed by atoms with Gasteiger partial charge in [0.25, 0.3) is 0 Å². The number of nitrogens with one attached hydrogen (secondary N) is 1. The highest BCUT2D eigenvalue weighted by Gasteiger charge is 2.27. The average molecular weight is 635 g/mol. The molecule has 9 aromatic rings. The molecule has 0 bridgehead atoms. The number of furan rings is 1. The molecule has 48 heavy (non-hydrogen) atoms. The summed E-state index contributed by atoms with van der Waals surface area (Å²) in [6.07, 6.45) is 2.02. The van der Waals surface area contributed by atoms with Gasteiger partial charge in [-0.3, -0.25) is 0 Å². The lowest BCUT2D eigenvalue weighted by Gasteiger charge is -2.15. The van der Waals surface area contributed by atoms with Gasteiger partial charge in [0.2, 0.25) is 0 Å². The lowest BCUT2D eigenvalue weighted by molar-refractivity contribution is 0.532. The van der Waals surface area contributed by atoms with Gasteiger partial charge in [-0.2, -0.15) is 0 Å². The van der Waals surface area contributed by atoms with Crippen LogP contribution in [0.3, 0.4) is 0 Å². The van der Waals surface area contributed by atoms with E-state index in [4.69, 9.17) is 19.4 Å². The largest absolute Gasteiger partial charge is 0.458 e. The van der Waals surface area contributed by atoms with E-state index in [-0.39, 0.29) is 0 Å². The molecule has 1 aliphatic heterocycles. The van der Waals surface area contributed by atoms with Gasteiger partial charge in [0, 0.05) is 59.6 Å². The summed E-state index contributed by atoms with van der Waals surface area (Å²) in [5.74, 6) is 2.75. The third kappa shape index (κ3) is 4.27. The molecular formula is C42H26N4OS. The van der Waals surface area contributed by atoms with Crippen LogP contribution in [0.15, 0.2) is 144 Å². The van der Waals surface area contributed by atoms with Crippen molar-refractivity contribution in [1.29, 1.82) is 0 Å². The van der Waals surface area contributed by atoms with Crippen molar-refractivity contribution in [2.45, 2.75) is 6.54 Å². The van der Waals surface area contributed by atoms with Gasteiger partial charge in [0.1, 0.15) is 11.3 Å². The van der Waals surface area contributed by atoms with E-state index in [1.807, 2.05) is 36.5 Å². The molecule has 0 aliphatic carbocycles. The van der Waals surface area contributed by atoms with Gasteiger partial charge in [-0.15, -0.1) is 11.3 Å². The molecule has 0 fully saturated rings. The molecular weight excluding hydrogens is 609 g/mol. The summed E-state index contributed by atoms with van der Waals surface area (Å²) in [4.78, 5) is 15.4. The van der Waals surface area contributed by atoms with Crippen LogP contribution < -0.4 is 5.32 Å². The molecule has 10 rings (SSSR count). The van der Waals surface area contributed by atoms with Gasteiger partial charge < -0.3 is 9.73 Å². The van der Waals surface area contributed by atoms with Crippen molar-refractivity contribution in [2.24, 2.45) is 0 Å². The summed E-state index contributed by atoms with van der Waals surface area (Å²) in [6.45, 7) is 0.579. The minimum absolute atomic E-state index is 0.579. The highest BCUT2D eigenvalue weighted by molar-refractivity contribution is 7.26. The quantitative estimate of drug-likeness (QED) is 0.209. The number of thiophene rings is 1. The van der Waals surface area contributed by atoms with Crippen molar-refractivity contribution >= 4 is 58.8 Å². The molecule has 0 spiro atoms. The van der Waals surface area contributed by atoms with Crippen molar-refractivity contribution in [2.75, 3.05) is 0 Å². The van der Waals surface area contributed by atoms with Crippen LogP contribution in [0.1, 0.15) is 17.1 Å². The fourth-order valence-corrected chi connectivity index (χ4v) is 8.13. The number of fused-ring (bicyclic) bond motifs is 7. The zero-order valence-corrected chi connectivity index (χ0v) is 26.5. The monoisotopic (exact) mass is 634 g/mol. The Labute approximate surface area is 279 Å². The van der Waals surface area contributed by atoms with Crippen molar-refractivity contribution in [1.82, 2.24) is 20.3 Å². The zero-order valence-electron chi connectivity index (χ0n) is 25.6. The van der Waals surface area contributed by atoms with Crippen LogP contribution in [0.25, 0.3) is 81.4 Å². The highest BCUT2D eigenvalue weighted by atomic mass is 32.1. The van der Waals surface area contributed by atoms with Crippen molar-refractivity contribution in [3.05, 3.63) is 157 Å². The Balaban J connectivity index is 1.18. The lowest BCUT2D eigenvalue weighted by Crippen LogP contribution is -2.14. The maximum Gasteiger partial charge on any atom is 0.166 e. The molecule has 226 valence electrons. The van der Waals surface area contributed by atoms with Crippen LogP contribution in [-0.2, 0) is 6.54 Å². The van der Waals surface area contributed by atoms with Crippen molar-refractivity contribution < 1.29 is 4.42 Å². The number of nitrogens with zero attached hydrogens (tertiary/aromatic N) is 3. The standard InChI is InChI=1S/C42H26N4OS/c1-2-11-26(12-3-1)40-44-41(33-18-9-16-31-30-14-6-7-19-36(30)48-39(31)33)46-42(45-40)34-23-43-24-35-37(34)32-17-8-15-29(38(32)47-35)28-21-20-25-10-4-5-13-27(25)22-28/h1-23,43H,24H2. The second-order valence-electron chi connectivity index (χ2n) is 12.0. The topological polar surface area (TPSA) is 63.8 Å². The molecule has 0 atom stereocenters. The minimum Gasteiger partial charge on any atom is -0.458 e. The maximum atomic E-state index is 6.69. The maximum absolute atomic E-state index is 6.69. The van der Waals surface area contributed by atoms with E-state index in [1.54, 1.807) is 11.3 Å². The van der Waals surface area contributed by atoms with E-state index in [0.717, 1.165) is 50.1 Å². The van der Waals surface area contributed by atoms with Gasteiger partial charge in [-0.05, 0) is 34.5 Å². The average Bonchev–Trinajstić information content (AvgIpc) is 3.73. The van der Waals surface area contributed by atoms with Crippen LogP contribution in [0.4, 0.5) is 0 Å². The number of aromatic nitrogens is 3. The predicted octanol–water partition coefficient (Wildman–Crippen LogP) is 10.6. The Morgan fingerprint density at radius 1 is 0.562 bits per heavy atom. The Hall–Kier alpha value is -6.11. The SMILES string of the molecule is C1=C(c2nc(-c3ccccc3)nc(-c3cccc4c3sc3ccccc34)n2)c2c(oc3c(-c4ccc5ccccc5c4)cccc23)CN1. The van der Waals surface area contributed by atoms with E-state index in [1.165, 1.54) is 30.9 Å². The summed E-state index contributed by atoms with van der Waals surface area (Å²) in [7, 11) is 0. The number of para-hydroxylation sites is 1. The van der Waals surface area contributed by atoms with Crippen LogP contribution in [0.2, 0.25) is 0 Å². The molecule has 0 saturated carbocycles. The molecule has 1 aliphatic rings. The first-order valence-electron chi connectivity index (χ1n) is 16.0. The second-order valence-corrected chi connectivity index (χ2v) is 13.1. The summed E-state index contributed by atoms with van der Waals surface area (Å²) < 4.78 is 9.10. The molecule has 1 N–H and O–H groups in total. The summed E-state index contributed by atoms with van der Waals surface area (Å²) in [5, 5.41) is 9.35. The summed E-state index contributed by atoms with van der Waals surface area (Å²) >= 11 is 1.78. The van der Waals surface area contributed by atoms with E-state index in [2.05, 4.69) is 108 Å². The Morgan fingerprint density at radius 3 is 2.21 bits per heavy atom. The molecule has 3 aromatic heterocycles. The van der Waals surface area contributed by atoms with Crippen LogP contribution in [-0.4, -0.2) is 15.0 Å². The van der Waals surface area contributed by atoms with Gasteiger partial charge in [-0.1, -0.05) is 115 Å².